The van der Waals surface area contributed by atoms with Crippen molar-refractivity contribution in [2.24, 2.45) is 7.05 Å². The van der Waals surface area contributed by atoms with E-state index in [9.17, 15) is 4.79 Å². The lowest BCUT2D eigenvalue weighted by atomic mass is 9.98. The van der Waals surface area contributed by atoms with Gasteiger partial charge in [-0.25, -0.2) is 0 Å². The number of likely N-dealkylation sites (tertiary alicyclic amines) is 1. The maximum atomic E-state index is 12.3. The molecule has 0 saturated carbocycles. The Labute approximate surface area is 141 Å². The van der Waals surface area contributed by atoms with Crippen molar-refractivity contribution in [2.45, 2.75) is 45.8 Å². The number of hydrogen-bond acceptors (Lipinski definition) is 4. The number of hydrogen-bond donors (Lipinski definition) is 1. The van der Waals surface area contributed by atoms with Crippen LogP contribution >= 0.6 is 11.3 Å². The minimum absolute atomic E-state index is 0.0530. The van der Waals surface area contributed by atoms with Crippen molar-refractivity contribution in [1.29, 1.82) is 0 Å². The summed E-state index contributed by atoms with van der Waals surface area (Å²) in [7, 11) is 3.86. The zero-order valence-corrected chi connectivity index (χ0v) is 15.2. The quantitative estimate of drug-likeness (QED) is 0.936. The number of carbonyl (C=O) groups excluding carboxylic acids is 1. The van der Waals surface area contributed by atoms with E-state index in [1.807, 2.05) is 30.6 Å². The summed E-state index contributed by atoms with van der Waals surface area (Å²) in [6, 6.07) is 4.47. The van der Waals surface area contributed by atoms with Gasteiger partial charge in [0, 0.05) is 54.1 Å². The summed E-state index contributed by atoms with van der Waals surface area (Å²) in [6.07, 6.45) is 0.541. The van der Waals surface area contributed by atoms with E-state index in [4.69, 9.17) is 0 Å². The number of amides is 1. The molecule has 1 aliphatic heterocycles. The molecular formula is C17H24N4OS. The molecule has 3 heterocycles. The molecule has 1 N–H and O–H groups in total. The van der Waals surface area contributed by atoms with Gasteiger partial charge in [-0.05, 0) is 32.9 Å². The summed E-state index contributed by atoms with van der Waals surface area (Å²) in [6.45, 7) is 7.02. The van der Waals surface area contributed by atoms with E-state index in [1.165, 1.54) is 15.3 Å². The van der Waals surface area contributed by atoms with Crippen molar-refractivity contribution < 1.29 is 4.79 Å². The van der Waals surface area contributed by atoms with Gasteiger partial charge in [-0.1, -0.05) is 0 Å². The SMILES string of the molecule is Cc1ccc(CN[C@@H]2CC(=O)N(C)[C@H]2c2c(C)nn(C)c2C)s1. The fourth-order valence-electron chi connectivity index (χ4n) is 3.48. The summed E-state index contributed by atoms with van der Waals surface area (Å²) in [5.74, 6) is 0.192. The number of nitrogens with one attached hydrogen (secondary N) is 1. The molecule has 1 aliphatic rings. The van der Waals surface area contributed by atoms with Crippen LogP contribution in [0.5, 0.6) is 0 Å². The Morgan fingerprint density at radius 3 is 2.61 bits per heavy atom. The molecular weight excluding hydrogens is 308 g/mol. The molecule has 0 unspecified atom stereocenters. The molecule has 1 saturated heterocycles. The van der Waals surface area contributed by atoms with Gasteiger partial charge in [0.25, 0.3) is 0 Å². The van der Waals surface area contributed by atoms with Gasteiger partial charge in [-0.3, -0.25) is 9.48 Å². The predicted molar refractivity (Wildman–Crippen MR) is 92.5 cm³/mol. The molecule has 2 aromatic rings. The molecule has 6 heteroatoms. The maximum Gasteiger partial charge on any atom is 0.224 e. The number of aromatic nitrogens is 2. The van der Waals surface area contributed by atoms with Gasteiger partial charge in [0.1, 0.15) is 0 Å². The fraction of sp³-hybridized carbons (Fsp3) is 0.529. The van der Waals surface area contributed by atoms with Gasteiger partial charge < -0.3 is 10.2 Å². The zero-order valence-electron chi connectivity index (χ0n) is 14.4. The van der Waals surface area contributed by atoms with E-state index in [1.54, 1.807) is 11.3 Å². The molecule has 0 radical (unpaired) electrons. The Morgan fingerprint density at radius 1 is 1.30 bits per heavy atom. The van der Waals surface area contributed by atoms with E-state index < -0.39 is 0 Å². The van der Waals surface area contributed by atoms with Crippen LogP contribution in [0, 0.1) is 20.8 Å². The van der Waals surface area contributed by atoms with Gasteiger partial charge >= 0.3 is 0 Å². The smallest absolute Gasteiger partial charge is 0.224 e. The number of aryl methyl sites for hydroxylation is 3. The van der Waals surface area contributed by atoms with Crippen LogP contribution in [0.2, 0.25) is 0 Å². The zero-order chi connectivity index (χ0) is 16.7. The lowest BCUT2D eigenvalue weighted by molar-refractivity contribution is -0.127. The lowest BCUT2D eigenvalue weighted by Crippen LogP contribution is -2.35. The molecule has 0 aromatic carbocycles. The first-order valence-electron chi connectivity index (χ1n) is 7.93. The Morgan fingerprint density at radius 2 is 2.04 bits per heavy atom. The van der Waals surface area contributed by atoms with E-state index in [0.717, 1.165) is 17.9 Å². The second-order valence-electron chi connectivity index (χ2n) is 6.36. The van der Waals surface area contributed by atoms with Crippen LogP contribution in [-0.2, 0) is 18.4 Å². The lowest BCUT2D eigenvalue weighted by Gasteiger charge is -2.26. The van der Waals surface area contributed by atoms with Crippen molar-refractivity contribution in [3.63, 3.8) is 0 Å². The third kappa shape index (κ3) is 2.93. The van der Waals surface area contributed by atoms with Crippen LogP contribution < -0.4 is 5.32 Å². The third-order valence-corrected chi connectivity index (χ3v) is 5.78. The Hall–Kier alpha value is -1.66. The number of rotatable bonds is 4. The first-order valence-corrected chi connectivity index (χ1v) is 8.74. The van der Waals surface area contributed by atoms with E-state index in [0.29, 0.717) is 6.42 Å². The standard InChI is InChI=1S/C17H24N4OS/c1-10-6-7-13(23-10)9-18-14-8-15(22)20(4)17(14)16-11(2)19-21(5)12(16)3/h6-7,14,17-18H,8-9H2,1-5H3/t14-,17-/m1/s1. The average Bonchev–Trinajstić information content (AvgIpc) is 3.10. The number of thiophene rings is 1. The molecule has 5 nitrogen and oxygen atoms in total. The van der Waals surface area contributed by atoms with Crippen LogP contribution in [0.25, 0.3) is 0 Å². The second kappa shape index (κ2) is 6.09. The molecule has 2 aromatic heterocycles. The molecule has 0 aliphatic carbocycles. The fourth-order valence-corrected chi connectivity index (χ4v) is 4.32. The van der Waals surface area contributed by atoms with E-state index in [-0.39, 0.29) is 18.0 Å². The van der Waals surface area contributed by atoms with Crippen molar-refractivity contribution in [2.75, 3.05) is 7.05 Å². The predicted octanol–water partition coefficient (Wildman–Crippen LogP) is 2.47. The molecule has 3 rings (SSSR count). The number of nitrogens with zero attached hydrogens (tertiary/aromatic N) is 3. The van der Waals surface area contributed by atoms with Crippen LogP contribution in [-0.4, -0.2) is 33.7 Å². The van der Waals surface area contributed by atoms with Crippen LogP contribution in [0.1, 0.15) is 39.2 Å². The largest absolute Gasteiger partial charge is 0.337 e. The van der Waals surface area contributed by atoms with Crippen LogP contribution in [0.15, 0.2) is 12.1 Å². The van der Waals surface area contributed by atoms with Crippen molar-refractivity contribution >= 4 is 17.2 Å². The maximum absolute atomic E-state index is 12.3. The molecule has 1 fully saturated rings. The Bertz CT molecular complexity index is 733. The molecule has 23 heavy (non-hydrogen) atoms. The summed E-state index contributed by atoms with van der Waals surface area (Å²) >= 11 is 1.80. The van der Waals surface area contributed by atoms with E-state index in [2.05, 4.69) is 36.4 Å². The summed E-state index contributed by atoms with van der Waals surface area (Å²) in [4.78, 5) is 16.8. The van der Waals surface area contributed by atoms with Gasteiger partial charge in [0.2, 0.25) is 5.91 Å². The molecule has 0 bridgehead atoms. The Balaban J connectivity index is 1.84. The molecule has 0 spiro atoms. The Kier molecular flexibility index (Phi) is 4.29. The van der Waals surface area contributed by atoms with Crippen LogP contribution in [0.3, 0.4) is 0 Å². The highest BCUT2D eigenvalue weighted by Gasteiger charge is 2.40. The van der Waals surface area contributed by atoms with Gasteiger partial charge in [0.15, 0.2) is 0 Å². The third-order valence-electron chi connectivity index (χ3n) is 4.78. The highest BCUT2D eigenvalue weighted by molar-refractivity contribution is 7.11. The average molecular weight is 332 g/mol. The summed E-state index contributed by atoms with van der Waals surface area (Å²) in [5.41, 5.74) is 3.32. The highest BCUT2D eigenvalue weighted by Crippen LogP contribution is 2.35. The second-order valence-corrected chi connectivity index (χ2v) is 7.73. The first kappa shape index (κ1) is 16.2. The van der Waals surface area contributed by atoms with Crippen molar-refractivity contribution in [1.82, 2.24) is 20.0 Å². The minimum atomic E-state index is 0.0530. The summed E-state index contributed by atoms with van der Waals surface area (Å²) in [5, 5.41) is 8.12. The molecule has 124 valence electrons. The van der Waals surface area contributed by atoms with E-state index >= 15 is 0 Å². The molecule has 2 atom stereocenters. The highest BCUT2D eigenvalue weighted by atomic mass is 32.1. The number of likely N-dealkylation sites (N-methyl/N-ethyl adjacent to an activating group) is 1. The van der Waals surface area contributed by atoms with Crippen LogP contribution in [0.4, 0.5) is 0 Å². The van der Waals surface area contributed by atoms with Gasteiger partial charge in [-0.2, -0.15) is 5.10 Å². The van der Waals surface area contributed by atoms with Crippen molar-refractivity contribution in [3.05, 3.63) is 38.8 Å². The molecule has 1 amide bonds. The number of carbonyl (C=O) groups is 1. The van der Waals surface area contributed by atoms with Gasteiger partial charge in [0.05, 0.1) is 11.7 Å². The summed E-state index contributed by atoms with van der Waals surface area (Å²) < 4.78 is 1.90. The monoisotopic (exact) mass is 332 g/mol. The van der Waals surface area contributed by atoms with Crippen molar-refractivity contribution in [3.8, 4) is 0 Å². The first-order chi connectivity index (χ1) is 10.9. The topological polar surface area (TPSA) is 50.2 Å². The van der Waals surface area contributed by atoms with Gasteiger partial charge in [-0.15, -0.1) is 11.3 Å². The normalized spacial score (nSPS) is 21.4. The minimum Gasteiger partial charge on any atom is -0.337 e.